The van der Waals surface area contributed by atoms with Crippen LogP contribution in [-0.2, 0) is 6.42 Å². The van der Waals surface area contributed by atoms with Crippen LogP contribution in [0.15, 0.2) is 42.6 Å². The molecule has 0 saturated heterocycles. The van der Waals surface area contributed by atoms with E-state index in [4.69, 9.17) is 0 Å². The highest BCUT2D eigenvalue weighted by Crippen LogP contribution is 2.07. The largest absolute Gasteiger partial charge is 0.352 e. The number of aryl methyl sites for hydroxylation is 1. The Labute approximate surface area is 126 Å². The van der Waals surface area contributed by atoms with E-state index in [1.165, 1.54) is 12.1 Å². The molecule has 1 N–H and O–H groups in total. The maximum atomic E-state index is 12.8. The minimum Gasteiger partial charge on any atom is -0.352 e. The number of fused-ring (bicyclic) bond motifs is 1. The lowest BCUT2D eigenvalue weighted by atomic mass is 10.1. The van der Waals surface area contributed by atoms with E-state index >= 15 is 0 Å². The number of aromatic nitrogens is 3. The second-order valence-corrected chi connectivity index (χ2v) is 5.02. The number of hydrogen-bond donors (Lipinski definition) is 1. The maximum absolute atomic E-state index is 12.8. The van der Waals surface area contributed by atoms with Gasteiger partial charge in [0.1, 0.15) is 11.6 Å². The van der Waals surface area contributed by atoms with Crippen molar-refractivity contribution in [2.75, 3.05) is 6.54 Å². The molecule has 1 aromatic carbocycles. The highest BCUT2D eigenvalue weighted by Gasteiger charge is 2.08. The number of hydrogen-bond acceptors (Lipinski definition) is 3. The van der Waals surface area contributed by atoms with Crippen molar-refractivity contribution in [2.24, 2.45) is 0 Å². The predicted molar refractivity (Wildman–Crippen MR) is 80.2 cm³/mol. The van der Waals surface area contributed by atoms with Crippen LogP contribution >= 0.6 is 0 Å². The van der Waals surface area contributed by atoms with Crippen molar-refractivity contribution in [1.82, 2.24) is 19.9 Å². The average Bonchev–Trinajstić information content (AvgIpc) is 2.90. The molecular formula is C16H15FN4O. The molecule has 3 rings (SSSR count). The van der Waals surface area contributed by atoms with Crippen LogP contribution < -0.4 is 5.32 Å². The second-order valence-electron chi connectivity index (χ2n) is 5.02. The van der Waals surface area contributed by atoms with Crippen LogP contribution in [0.3, 0.4) is 0 Å². The van der Waals surface area contributed by atoms with Crippen LogP contribution in [0.5, 0.6) is 0 Å². The predicted octanol–water partition coefficient (Wildman–Crippen LogP) is 2.15. The van der Waals surface area contributed by atoms with Crippen molar-refractivity contribution in [3.8, 4) is 0 Å². The van der Waals surface area contributed by atoms with E-state index in [-0.39, 0.29) is 11.7 Å². The zero-order valence-corrected chi connectivity index (χ0v) is 12.1. The maximum Gasteiger partial charge on any atom is 0.251 e. The summed E-state index contributed by atoms with van der Waals surface area (Å²) in [5.41, 5.74) is 2.16. The van der Waals surface area contributed by atoms with Crippen LogP contribution in [0.2, 0.25) is 0 Å². The Kier molecular flexibility index (Phi) is 3.82. The van der Waals surface area contributed by atoms with Gasteiger partial charge >= 0.3 is 0 Å². The number of amides is 1. The molecular weight excluding hydrogens is 283 g/mol. The molecule has 2 heterocycles. The van der Waals surface area contributed by atoms with Gasteiger partial charge in [0.25, 0.3) is 5.91 Å². The first kappa shape index (κ1) is 14.2. The van der Waals surface area contributed by atoms with Crippen molar-refractivity contribution in [3.63, 3.8) is 0 Å². The van der Waals surface area contributed by atoms with Crippen LogP contribution in [0.4, 0.5) is 4.39 Å². The molecule has 0 aliphatic carbocycles. The molecule has 5 nitrogen and oxygen atoms in total. The molecule has 112 valence electrons. The molecule has 0 atom stereocenters. The Morgan fingerprint density at radius 3 is 2.77 bits per heavy atom. The molecule has 22 heavy (non-hydrogen) atoms. The van der Waals surface area contributed by atoms with Crippen LogP contribution in [0.1, 0.15) is 21.7 Å². The van der Waals surface area contributed by atoms with Gasteiger partial charge in [-0.25, -0.2) is 4.39 Å². The van der Waals surface area contributed by atoms with E-state index < -0.39 is 0 Å². The van der Waals surface area contributed by atoms with Gasteiger partial charge in [-0.3, -0.25) is 9.20 Å². The van der Waals surface area contributed by atoms with E-state index in [1.807, 2.05) is 11.3 Å². The fraction of sp³-hybridized carbons (Fsp3) is 0.188. The Morgan fingerprint density at radius 1 is 1.23 bits per heavy atom. The van der Waals surface area contributed by atoms with E-state index in [9.17, 15) is 9.18 Å². The summed E-state index contributed by atoms with van der Waals surface area (Å²) in [6.45, 7) is 2.34. The summed E-state index contributed by atoms with van der Waals surface area (Å²) in [5.74, 6) is 0.355. The average molecular weight is 298 g/mol. The Balaban J connectivity index is 1.62. The lowest BCUT2D eigenvalue weighted by Crippen LogP contribution is -2.25. The van der Waals surface area contributed by atoms with Crippen molar-refractivity contribution in [2.45, 2.75) is 13.3 Å². The summed E-state index contributed by atoms with van der Waals surface area (Å²) in [4.78, 5) is 12.1. The highest BCUT2D eigenvalue weighted by atomic mass is 19.1. The number of pyridine rings is 1. The molecule has 0 aliphatic heterocycles. The molecule has 0 saturated carbocycles. The Morgan fingerprint density at radius 2 is 2.00 bits per heavy atom. The highest BCUT2D eigenvalue weighted by molar-refractivity contribution is 5.95. The molecule has 3 aromatic rings. The molecule has 0 aliphatic rings. The molecule has 0 bridgehead atoms. The third kappa shape index (κ3) is 2.95. The van der Waals surface area contributed by atoms with Gasteiger partial charge in [-0.15, -0.1) is 10.2 Å². The SMILES string of the molecule is Cc1nnc2cc(C(=O)NCCc3ccc(F)cc3)ccn12. The lowest BCUT2D eigenvalue weighted by Gasteiger charge is -2.06. The number of halogens is 1. The van der Waals surface area contributed by atoms with Crippen molar-refractivity contribution >= 4 is 11.6 Å². The number of carbonyl (C=O) groups is 1. The van der Waals surface area contributed by atoms with Gasteiger partial charge in [-0.2, -0.15) is 0 Å². The third-order valence-corrected chi connectivity index (χ3v) is 3.46. The molecule has 0 spiro atoms. The summed E-state index contributed by atoms with van der Waals surface area (Å²) in [5, 5.41) is 10.8. The molecule has 2 aromatic heterocycles. The number of carbonyl (C=O) groups excluding carboxylic acids is 1. The van der Waals surface area contributed by atoms with Crippen molar-refractivity contribution < 1.29 is 9.18 Å². The van der Waals surface area contributed by atoms with Gasteiger partial charge in [0.05, 0.1) is 0 Å². The smallest absolute Gasteiger partial charge is 0.251 e. The van der Waals surface area contributed by atoms with Gasteiger partial charge in [-0.1, -0.05) is 12.1 Å². The summed E-state index contributed by atoms with van der Waals surface area (Å²) < 4.78 is 14.6. The van der Waals surface area contributed by atoms with Crippen molar-refractivity contribution in [1.29, 1.82) is 0 Å². The van der Waals surface area contributed by atoms with Crippen molar-refractivity contribution in [3.05, 3.63) is 65.4 Å². The molecule has 0 fully saturated rings. The minimum absolute atomic E-state index is 0.162. The molecule has 0 radical (unpaired) electrons. The van der Waals surface area contributed by atoms with Crippen LogP contribution in [0, 0.1) is 12.7 Å². The monoisotopic (exact) mass is 298 g/mol. The second kappa shape index (κ2) is 5.93. The zero-order valence-electron chi connectivity index (χ0n) is 12.1. The Bertz CT molecular complexity index is 811. The summed E-state index contributed by atoms with van der Waals surface area (Å²) in [6.07, 6.45) is 2.43. The first-order valence-electron chi connectivity index (χ1n) is 6.97. The fourth-order valence-corrected chi connectivity index (χ4v) is 2.23. The fourth-order valence-electron chi connectivity index (χ4n) is 2.23. The van der Waals surface area contributed by atoms with Gasteiger partial charge in [0.15, 0.2) is 5.65 Å². The molecule has 0 unspecified atom stereocenters. The van der Waals surface area contributed by atoms with E-state index in [0.717, 1.165) is 11.4 Å². The number of nitrogens with one attached hydrogen (secondary N) is 1. The quantitative estimate of drug-likeness (QED) is 0.803. The number of benzene rings is 1. The van der Waals surface area contributed by atoms with Gasteiger partial charge in [0, 0.05) is 18.3 Å². The molecule has 6 heteroatoms. The first-order valence-corrected chi connectivity index (χ1v) is 6.97. The lowest BCUT2D eigenvalue weighted by molar-refractivity contribution is 0.0954. The first-order chi connectivity index (χ1) is 10.6. The number of rotatable bonds is 4. The normalized spacial score (nSPS) is 10.8. The van der Waals surface area contributed by atoms with E-state index in [1.54, 1.807) is 30.5 Å². The van der Waals surface area contributed by atoms with Gasteiger partial charge in [0.2, 0.25) is 0 Å². The number of nitrogens with zero attached hydrogens (tertiary/aromatic N) is 3. The summed E-state index contributed by atoms with van der Waals surface area (Å²) >= 11 is 0. The van der Waals surface area contributed by atoms with Gasteiger partial charge < -0.3 is 5.32 Å². The zero-order chi connectivity index (χ0) is 15.5. The van der Waals surface area contributed by atoms with Crippen LogP contribution in [0.25, 0.3) is 5.65 Å². The van der Waals surface area contributed by atoms with Crippen LogP contribution in [-0.4, -0.2) is 27.0 Å². The van der Waals surface area contributed by atoms with Gasteiger partial charge in [-0.05, 0) is 43.2 Å². The van der Waals surface area contributed by atoms with E-state index in [2.05, 4.69) is 15.5 Å². The van der Waals surface area contributed by atoms with E-state index in [0.29, 0.717) is 24.2 Å². The summed E-state index contributed by atoms with van der Waals surface area (Å²) in [6, 6.07) is 9.69. The Hall–Kier alpha value is -2.76. The minimum atomic E-state index is -0.260. The third-order valence-electron chi connectivity index (χ3n) is 3.46. The molecule has 1 amide bonds. The topological polar surface area (TPSA) is 59.3 Å². The summed E-state index contributed by atoms with van der Waals surface area (Å²) in [7, 11) is 0. The standard InChI is InChI=1S/C16H15FN4O/c1-11-19-20-15-10-13(7-9-21(11)15)16(22)18-8-6-12-2-4-14(17)5-3-12/h2-5,7,9-10H,6,8H2,1H3,(H,18,22).